The summed E-state index contributed by atoms with van der Waals surface area (Å²) in [6, 6.07) is 0. The van der Waals surface area contributed by atoms with Gasteiger partial charge in [0.25, 0.3) is 0 Å². The molecule has 7 heavy (non-hydrogen) atoms. The van der Waals surface area contributed by atoms with Crippen molar-refractivity contribution in [2.75, 3.05) is 0 Å². The number of hydrogen-bond donors (Lipinski definition) is 0. The van der Waals surface area contributed by atoms with Crippen LogP contribution in [0.15, 0.2) is 0 Å². The third-order valence-corrected chi connectivity index (χ3v) is 0. The minimum absolute atomic E-state index is 9.91. The molecule has 0 aliphatic heterocycles. The van der Waals surface area contributed by atoms with Gasteiger partial charge in [0.2, 0.25) is 0 Å². The second-order valence-electron chi connectivity index (χ2n) is 0.810. The Labute approximate surface area is 36.3 Å². The molecule has 0 nitrogen and oxygen atoms in total. The van der Waals surface area contributed by atoms with Crippen LogP contribution in [-0.2, 0) is 15.9 Å². The van der Waals surface area contributed by atoms with Crippen LogP contribution in [0.25, 0.3) is 0 Å². The number of hydrogen-bond acceptors (Lipinski definition) is 0. The molecule has 0 saturated carbocycles. The van der Waals surface area contributed by atoms with E-state index in [9.17, 15) is 19.5 Å². The van der Waals surface area contributed by atoms with Gasteiger partial charge in [0, 0.05) is 0 Å². The predicted molar refractivity (Wildman–Crippen MR) is 6.65 cm³/mol. The average Bonchev–Trinajstić information content (AvgIpc) is 0.592. The Balaban J connectivity index is 4.43. The van der Waals surface area contributed by atoms with E-state index in [1.807, 2.05) is 0 Å². The van der Waals surface area contributed by atoms with Crippen molar-refractivity contribution in [1.82, 2.24) is 0 Å². The van der Waals surface area contributed by atoms with E-state index in [2.05, 4.69) is 0 Å². The summed E-state index contributed by atoms with van der Waals surface area (Å²) in [4.78, 5) is 0. The van der Waals surface area contributed by atoms with Gasteiger partial charge >= 0.3 is 35.4 Å². The van der Waals surface area contributed by atoms with Crippen LogP contribution >= 0.6 is 0 Å². The monoisotopic (exact) mass is 211 g/mol. The second-order valence-corrected chi connectivity index (χ2v) is 4.79. The van der Waals surface area contributed by atoms with Crippen molar-refractivity contribution in [2.24, 2.45) is 0 Å². The van der Waals surface area contributed by atoms with Gasteiger partial charge in [-0.15, -0.1) is 0 Å². The van der Waals surface area contributed by atoms with Crippen LogP contribution in [0.5, 0.6) is 0 Å². The molecule has 0 fully saturated rings. The first-order valence-electron chi connectivity index (χ1n) is 0.857. The average molecular weight is 212 g/mol. The number of rotatable bonds is 0. The maximum absolute atomic E-state index is 11.1. The second kappa shape index (κ2) is 0.734. The molecule has 0 aromatic carbocycles. The Kier molecular flexibility index (Phi) is 0.759. The molecule has 0 spiro atoms. The van der Waals surface area contributed by atoms with Crippen LogP contribution in [-0.4, -0.2) is 0 Å². The Hall–Kier alpha value is 0.229. The maximum atomic E-state index is 9.91. The SMILES string of the molecule is [F][Tc]([F])([F])([F])([F])[F]. The summed E-state index contributed by atoms with van der Waals surface area (Å²) in [5.74, 6) is 0. The molecule has 0 aliphatic carbocycles. The first-order chi connectivity index (χ1) is 2.45. The molecule has 49 valence electrons. The van der Waals surface area contributed by atoms with Gasteiger partial charge < -0.3 is 0 Å². The van der Waals surface area contributed by atoms with Gasteiger partial charge in [-0.3, -0.25) is 0 Å². The molecule has 0 saturated heterocycles. The molecule has 0 N–H and O–H groups in total. The zero-order chi connectivity index (χ0) is 6.41. The zero-order valence-electron chi connectivity index (χ0n) is 2.65. The molecule has 0 atom stereocenters. The van der Waals surface area contributed by atoms with E-state index in [-0.39, 0.29) is 0 Å². The van der Waals surface area contributed by atoms with Crippen LogP contribution in [0.2, 0.25) is 0 Å². The van der Waals surface area contributed by atoms with Crippen LogP contribution in [0, 0.1) is 0 Å². The third-order valence-electron chi connectivity index (χ3n) is 0. The molecule has 0 rings (SSSR count). The Morgan fingerprint density at radius 1 is 0.571 bits per heavy atom. The first kappa shape index (κ1) is 7.23. The summed E-state index contributed by atoms with van der Waals surface area (Å²) in [6.45, 7) is 0. The molecule has 0 unspecified atom stereocenters. The quantitative estimate of drug-likeness (QED) is 0.541. The molecule has 0 bridgehead atoms. The Morgan fingerprint density at radius 3 is 0.571 bits per heavy atom. The Morgan fingerprint density at radius 2 is 0.571 bits per heavy atom. The normalized spacial score (nSPS) is 23.1. The molecule has 0 amide bonds. The molecular weight excluding hydrogens is 212 g/mol. The fourth-order valence-electron chi connectivity index (χ4n) is 0. The van der Waals surface area contributed by atoms with E-state index in [0.29, 0.717) is 0 Å². The van der Waals surface area contributed by atoms with Crippen molar-refractivity contribution in [3.8, 4) is 0 Å². The third kappa shape index (κ3) is 2120. The molecule has 0 radical (unpaired) electrons. The van der Waals surface area contributed by atoms with Gasteiger partial charge in [0.05, 0.1) is 0 Å². The van der Waals surface area contributed by atoms with E-state index in [0.717, 1.165) is 0 Å². The van der Waals surface area contributed by atoms with E-state index in [1.165, 1.54) is 0 Å². The predicted octanol–water partition coefficient (Wildman–Crippen LogP) is 2.52. The van der Waals surface area contributed by atoms with Gasteiger partial charge in [0.1, 0.15) is 0 Å². The number of halogens is 6. The van der Waals surface area contributed by atoms with Crippen molar-refractivity contribution in [2.45, 2.75) is 0 Å². The summed E-state index contributed by atoms with van der Waals surface area (Å²) in [6.07, 6.45) is 0. The van der Waals surface area contributed by atoms with Gasteiger partial charge in [-0.1, -0.05) is 0 Å². The standard InChI is InChI=1S/6FH.Tc/h6*1H;/q;;;;;;+6/p-6. The minimum atomic E-state index is -11.1. The van der Waals surface area contributed by atoms with Crippen molar-refractivity contribution < 1.29 is 35.4 Å². The molecule has 0 aliphatic rings. The van der Waals surface area contributed by atoms with Crippen LogP contribution in [0.3, 0.4) is 0 Å². The van der Waals surface area contributed by atoms with Crippen LogP contribution in [0.4, 0.5) is 19.5 Å². The van der Waals surface area contributed by atoms with E-state index in [1.54, 1.807) is 0 Å². The molecule has 7 heteroatoms. The van der Waals surface area contributed by atoms with Gasteiger partial charge in [-0.25, -0.2) is 0 Å². The molecule has 0 heterocycles. The van der Waals surface area contributed by atoms with E-state index >= 15 is 0 Å². The van der Waals surface area contributed by atoms with Crippen molar-refractivity contribution >= 4 is 0 Å². The van der Waals surface area contributed by atoms with E-state index < -0.39 is 15.9 Å². The van der Waals surface area contributed by atoms with Gasteiger partial charge in [-0.05, 0) is 0 Å². The van der Waals surface area contributed by atoms with E-state index in [4.69, 9.17) is 0 Å². The van der Waals surface area contributed by atoms with Crippen molar-refractivity contribution in [3.05, 3.63) is 0 Å². The van der Waals surface area contributed by atoms with Crippen LogP contribution < -0.4 is 0 Å². The first-order valence-corrected chi connectivity index (χ1v) is 5.07. The molecule has 0 aromatic heterocycles. The Bertz CT molecular complexity index is 62.7. The van der Waals surface area contributed by atoms with Gasteiger partial charge in [-0.2, -0.15) is 0 Å². The fourth-order valence-corrected chi connectivity index (χ4v) is 0. The summed E-state index contributed by atoms with van der Waals surface area (Å²) >= 11 is -11.1. The molecular formula is F6Tc. The van der Waals surface area contributed by atoms with Crippen LogP contribution in [0.1, 0.15) is 0 Å². The van der Waals surface area contributed by atoms with Gasteiger partial charge in [0.15, 0.2) is 0 Å². The fraction of sp³-hybridized carbons (Fsp3) is 0. The van der Waals surface area contributed by atoms with Crippen molar-refractivity contribution in [1.29, 1.82) is 0 Å². The summed E-state index contributed by atoms with van der Waals surface area (Å²) in [7, 11) is 0. The summed E-state index contributed by atoms with van der Waals surface area (Å²) < 4.78 is 59.5. The topological polar surface area (TPSA) is 0 Å². The molecule has 0 aromatic rings. The zero-order valence-corrected chi connectivity index (χ0v) is 4.50. The summed E-state index contributed by atoms with van der Waals surface area (Å²) in [5.41, 5.74) is 0. The van der Waals surface area contributed by atoms with Crippen molar-refractivity contribution in [3.63, 3.8) is 0 Å². The summed E-state index contributed by atoms with van der Waals surface area (Å²) in [5, 5.41) is 0.